The first-order valence-electron chi connectivity index (χ1n) is 11.1. The van der Waals surface area contributed by atoms with Crippen LogP contribution in [0.5, 0.6) is 0 Å². The minimum absolute atomic E-state index is 0. The topological polar surface area (TPSA) is 110 Å². The highest BCUT2D eigenvalue weighted by Gasteiger charge is 2.28. The molecule has 0 radical (unpaired) electrons. The summed E-state index contributed by atoms with van der Waals surface area (Å²) in [6.07, 6.45) is 8.66. The Labute approximate surface area is 198 Å². The second kappa shape index (κ2) is 9.24. The highest BCUT2D eigenvalue weighted by molar-refractivity contribution is 5.73. The predicted molar refractivity (Wildman–Crippen MR) is 133 cm³/mol. The molecule has 0 atom stereocenters. The second-order valence-electron chi connectivity index (χ2n) is 8.35. The molecule has 3 aromatic heterocycles. The molecule has 4 aromatic rings. The lowest BCUT2D eigenvalue weighted by Crippen LogP contribution is -2.56. The summed E-state index contributed by atoms with van der Waals surface area (Å²) in [5.41, 5.74) is 9.98. The lowest BCUT2D eigenvalue weighted by Gasteiger charge is -2.43. The fourth-order valence-electron chi connectivity index (χ4n) is 4.32. The molecule has 10 nitrogen and oxygen atoms in total. The average Bonchev–Trinajstić information content (AvgIpc) is 3.28. The van der Waals surface area contributed by atoms with Crippen LogP contribution in [0.25, 0.3) is 17.0 Å². The molecule has 0 aliphatic carbocycles. The summed E-state index contributed by atoms with van der Waals surface area (Å²) in [6.45, 7) is 5.98. The summed E-state index contributed by atoms with van der Waals surface area (Å²) < 4.78 is 7.25. The zero-order valence-electron chi connectivity index (χ0n) is 18.1. The van der Waals surface area contributed by atoms with Crippen molar-refractivity contribution in [2.45, 2.75) is 13.5 Å². The van der Waals surface area contributed by atoms with E-state index < -0.39 is 0 Å². The van der Waals surface area contributed by atoms with Crippen LogP contribution in [0.1, 0.15) is 7.43 Å². The molecule has 5 heterocycles. The van der Waals surface area contributed by atoms with Crippen molar-refractivity contribution in [3.05, 3.63) is 55.2 Å². The Kier molecular flexibility index (Phi) is 5.99. The number of imidazole rings is 1. The van der Waals surface area contributed by atoms with Gasteiger partial charge in [-0.2, -0.15) is 0 Å². The fraction of sp³-hybridized carbons (Fsp3) is 0.333. The van der Waals surface area contributed by atoms with Crippen molar-refractivity contribution < 1.29 is 4.74 Å². The van der Waals surface area contributed by atoms with Gasteiger partial charge in [-0.1, -0.05) is 7.43 Å². The molecule has 10 heteroatoms. The van der Waals surface area contributed by atoms with Gasteiger partial charge < -0.3 is 25.1 Å². The summed E-state index contributed by atoms with van der Waals surface area (Å²) in [7, 11) is 0. The van der Waals surface area contributed by atoms with Gasteiger partial charge in [0.05, 0.1) is 31.6 Å². The molecule has 1 aromatic carbocycles. The third-order valence-corrected chi connectivity index (χ3v) is 6.24. The Hall–Kier alpha value is -3.76. The van der Waals surface area contributed by atoms with Crippen molar-refractivity contribution in [3.63, 3.8) is 0 Å². The summed E-state index contributed by atoms with van der Waals surface area (Å²) in [5, 5.41) is 3.41. The van der Waals surface area contributed by atoms with Gasteiger partial charge in [0.2, 0.25) is 0 Å². The molecular formula is C24H29N9O. The van der Waals surface area contributed by atoms with Crippen molar-refractivity contribution in [1.82, 2.24) is 29.2 Å². The van der Waals surface area contributed by atoms with Crippen LogP contribution in [0.2, 0.25) is 0 Å². The van der Waals surface area contributed by atoms with Gasteiger partial charge in [-0.05, 0) is 24.3 Å². The van der Waals surface area contributed by atoms with Crippen molar-refractivity contribution >= 4 is 28.7 Å². The minimum Gasteiger partial charge on any atom is -0.382 e. The lowest BCUT2D eigenvalue weighted by atomic mass is 10.1. The van der Waals surface area contributed by atoms with E-state index in [-0.39, 0.29) is 7.43 Å². The molecule has 6 rings (SSSR count). The van der Waals surface area contributed by atoms with E-state index in [2.05, 4.69) is 54.3 Å². The standard InChI is InChI=1S/C23H25N9O.CH4/c24-21-12-25-11-19(28-21)20-13-32-6-5-26-23(32)22(29-20)27-16-1-3-17(4-2-16)30-7-9-31(10-8-30)18-14-33-15-18;/h1-6,11-13,18H,7-10,14-15H2,(H2,24,28)(H,27,29);1H4. The van der Waals surface area contributed by atoms with E-state index in [9.17, 15) is 0 Å². The maximum Gasteiger partial charge on any atom is 0.180 e. The van der Waals surface area contributed by atoms with Crippen LogP contribution in [0.4, 0.5) is 23.0 Å². The molecule has 0 amide bonds. The van der Waals surface area contributed by atoms with Crippen LogP contribution < -0.4 is 16.0 Å². The first-order valence-corrected chi connectivity index (χ1v) is 11.1. The first kappa shape index (κ1) is 22.1. The fourth-order valence-corrected chi connectivity index (χ4v) is 4.32. The number of nitrogens with two attached hydrogens (primary N) is 1. The number of anilines is 4. The monoisotopic (exact) mass is 459 g/mol. The van der Waals surface area contributed by atoms with E-state index in [0.29, 0.717) is 29.1 Å². The van der Waals surface area contributed by atoms with Crippen LogP contribution in [-0.2, 0) is 4.74 Å². The van der Waals surface area contributed by atoms with E-state index in [0.717, 1.165) is 50.7 Å². The van der Waals surface area contributed by atoms with Gasteiger partial charge in [0, 0.05) is 56.1 Å². The molecule has 0 spiro atoms. The van der Waals surface area contributed by atoms with Gasteiger partial charge in [-0.3, -0.25) is 9.88 Å². The maximum atomic E-state index is 5.81. The summed E-state index contributed by atoms with van der Waals surface area (Å²) in [6, 6.07) is 9.08. The van der Waals surface area contributed by atoms with Crippen molar-refractivity contribution in [2.75, 3.05) is 55.3 Å². The van der Waals surface area contributed by atoms with Crippen LogP contribution >= 0.6 is 0 Å². The number of benzene rings is 1. The number of fused-ring (bicyclic) bond motifs is 1. The normalized spacial score (nSPS) is 16.8. The molecule has 0 saturated carbocycles. The van der Waals surface area contributed by atoms with Gasteiger partial charge in [0.1, 0.15) is 17.2 Å². The quantitative estimate of drug-likeness (QED) is 0.465. The first-order chi connectivity index (χ1) is 16.2. The zero-order valence-corrected chi connectivity index (χ0v) is 18.1. The smallest absolute Gasteiger partial charge is 0.180 e. The van der Waals surface area contributed by atoms with Gasteiger partial charge in [0.15, 0.2) is 11.5 Å². The van der Waals surface area contributed by atoms with Crippen LogP contribution in [0.3, 0.4) is 0 Å². The third-order valence-electron chi connectivity index (χ3n) is 6.24. The lowest BCUT2D eigenvalue weighted by molar-refractivity contribution is -0.0660. The maximum absolute atomic E-state index is 5.81. The molecule has 0 bridgehead atoms. The number of nitrogens with one attached hydrogen (secondary N) is 1. The van der Waals surface area contributed by atoms with E-state index in [4.69, 9.17) is 15.5 Å². The number of aromatic nitrogens is 5. The van der Waals surface area contributed by atoms with Crippen LogP contribution in [-0.4, -0.2) is 74.7 Å². The summed E-state index contributed by atoms with van der Waals surface area (Å²) in [4.78, 5) is 22.6. The summed E-state index contributed by atoms with van der Waals surface area (Å²) in [5.74, 6) is 0.998. The average molecular weight is 460 g/mol. The van der Waals surface area contributed by atoms with Crippen LogP contribution in [0, 0.1) is 0 Å². The number of hydrogen-bond acceptors (Lipinski definition) is 9. The predicted octanol–water partition coefficient (Wildman–Crippen LogP) is 2.67. The number of nitrogens with zero attached hydrogens (tertiary/aromatic N) is 7. The Morgan fingerprint density at radius 2 is 1.76 bits per heavy atom. The van der Waals surface area contributed by atoms with E-state index in [1.807, 2.05) is 16.8 Å². The van der Waals surface area contributed by atoms with Crippen molar-refractivity contribution in [3.8, 4) is 11.4 Å². The molecular weight excluding hydrogens is 430 g/mol. The molecule has 2 fully saturated rings. The molecule has 2 aliphatic rings. The highest BCUT2D eigenvalue weighted by atomic mass is 16.5. The van der Waals surface area contributed by atoms with E-state index in [1.54, 1.807) is 12.4 Å². The SMILES string of the molecule is C.Nc1cncc(-c2cn3ccnc3c(Nc3ccc(N4CCN(C5COC5)CC4)cc3)n2)n1. The summed E-state index contributed by atoms with van der Waals surface area (Å²) >= 11 is 0. The Morgan fingerprint density at radius 1 is 0.971 bits per heavy atom. The third kappa shape index (κ3) is 4.25. The molecule has 2 aliphatic heterocycles. The van der Waals surface area contributed by atoms with Gasteiger partial charge in [-0.15, -0.1) is 0 Å². The second-order valence-corrected chi connectivity index (χ2v) is 8.35. The molecule has 2 saturated heterocycles. The van der Waals surface area contributed by atoms with Gasteiger partial charge in [-0.25, -0.2) is 15.0 Å². The molecule has 0 unspecified atom stereocenters. The van der Waals surface area contributed by atoms with E-state index >= 15 is 0 Å². The van der Waals surface area contributed by atoms with E-state index in [1.165, 1.54) is 11.9 Å². The molecule has 176 valence electrons. The highest BCUT2D eigenvalue weighted by Crippen LogP contribution is 2.26. The number of rotatable bonds is 5. The molecule has 3 N–H and O–H groups in total. The van der Waals surface area contributed by atoms with Crippen LogP contribution in [0.15, 0.2) is 55.2 Å². The number of ether oxygens (including phenoxy) is 1. The van der Waals surface area contributed by atoms with Crippen molar-refractivity contribution in [2.24, 2.45) is 0 Å². The number of piperazine rings is 1. The zero-order chi connectivity index (χ0) is 22.2. The number of nitrogen functional groups attached to an aromatic ring is 1. The largest absolute Gasteiger partial charge is 0.382 e. The Bertz CT molecular complexity index is 1260. The van der Waals surface area contributed by atoms with Gasteiger partial charge in [0.25, 0.3) is 0 Å². The Morgan fingerprint density at radius 3 is 2.47 bits per heavy atom. The minimum atomic E-state index is 0. The number of hydrogen-bond donors (Lipinski definition) is 2. The Balaban J connectivity index is 0.00000241. The van der Waals surface area contributed by atoms with Crippen molar-refractivity contribution in [1.29, 1.82) is 0 Å². The molecule has 34 heavy (non-hydrogen) atoms. The van der Waals surface area contributed by atoms with Gasteiger partial charge >= 0.3 is 0 Å².